The fourth-order valence-corrected chi connectivity index (χ4v) is 2.69. The van der Waals surface area contributed by atoms with Crippen LogP contribution < -0.4 is 5.32 Å². The number of benzene rings is 2. The molecule has 0 heterocycles. The number of hydrogen-bond donors (Lipinski definition) is 1. The summed E-state index contributed by atoms with van der Waals surface area (Å²) in [6, 6.07) is 16.4. The minimum absolute atomic E-state index is 0.578. The Morgan fingerprint density at radius 2 is 1.52 bits per heavy atom. The second kappa shape index (κ2) is 6.58. The number of halogens is 2. The zero-order valence-corrected chi connectivity index (χ0v) is 12.4. The summed E-state index contributed by atoms with van der Waals surface area (Å²) in [6.07, 6.45) is 2.59. The van der Waals surface area contributed by atoms with E-state index in [0.29, 0.717) is 22.7 Å². The predicted molar refractivity (Wildman–Crippen MR) is 83.6 cm³/mol. The van der Waals surface area contributed by atoms with Crippen molar-refractivity contribution < 1.29 is 8.78 Å². The van der Waals surface area contributed by atoms with Gasteiger partial charge < -0.3 is 5.32 Å². The number of thioether (sulfide) groups is 1. The highest BCUT2D eigenvalue weighted by molar-refractivity contribution is 7.99. The first-order valence-corrected chi connectivity index (χ1v) is 7.96. The quantitative estimate of drug-likeness (QED) is 0.760. The van der Waals surface area contributed by atoms with Gasteiger partial charge >= 0.3 is 0 Å². The lowest BCUT2D eigenvalue weighted by molar-refractivity contribution is 0.252. The Labute approximate surface area is 127 Å². The van der Waals surface area contributed by atoms with Gasteiger partial charge in [-0.1, -0.05) is 48.2 Å². The maximum absolute atomic E-state index is 12.3. The van der Waals surface area contributed by atoms with Crippen molar-refractivity contribution >= 4 is 11.8 Å². The van der Waals surface area contributed by atoms with Gasteiger partial charge in [0.05, 0.1) is 0 Å². The third-order valence-corrected chi connectivity index (χ3v) is 4.26. The van der Waals surface area contributed by atoms with Crippen LogP contribution >= 0.6 is 11.8 Å². The molecule has 1 nitrogen and oxygen atoms in total. The van der Waals surface area contributed by atoms with Crippen LogP contribution in [0.25, 0.3) is 11.1 Å². The van der Waals surface area contributed by atoms with Crippen molar-refractivity contribution in [1.82, 2.24) is 5.32 Å². The summed E-state index contributed by atoms with van der Waals surface area (Å²) in [7, 11) is 0. The first-order chi connectivity index (χ1) is 10.2. The molecule has 1 N–H and O–H groups in total. The summed E-state index contributed by atoms with van der Waals surface area (Å²) in [5.74, 6) is -2.37. The average Bonchev–Trinajstić information content (AvgIpc) is 3.30. The van der Waals surface area contributed by atoms with Crippen LogP contribution in [0.5, 0.6) is 0 Å². The fourth-order valence-electron chi connectivity index (χ4n) is 2.19. The van der Waals surface area contributed by atoms with Gasteiger partial charge in [0, 0.05) is 17.5 Å². The van der Waals surface area contributed by atoms with Crippen molar-refractivity contribution in [3.63, 3.8) is 0 Å². The molecule has 0 aromatic heterocycles. The Kier molecular flexibility index (Phi) is 4.56. The van der Waals surface area contributed by atoms with E-state index in [1.54, 1.807) is 12.1 Å². The van der Waals surface area contributed by atoms with Gasteiger partial charge in [-0.15, -0.1) is 0 Å². The number of alkyl halides is 2. The van der Waals surface area contributed by atoms with E-state index in [-0.39, 0.29) is 0 Å². The molecule has 0 spiro atoms. The highest BCUT2D eigenvalue weighted by atomic mass is 32.2. The summed E-state index contributed by atoms with van der Waals surface area (Å²) < 4.78 is 24.6. The largest absolute Gasteiger partial charge is 0.310 e. The van der Waals surface area contributed by atoms with Gasteiger partial charge in [-0.2, -0.15) is 8.78 Å². The lowest BCUT2D eigenvalue weighted by atomic mass is 10.0. The maximum atomic E-state index is 12.3. The van der Waals surface area contributed by atoms with E-state index < -0.39 is 5.76 Å². The van der Waals surface area contributed by atoms with Gasteiger partial charge in [-0.25, -0.2) is 0 Å². The molecule has 1 fully saturated rings. The molecule has 0 bridgehead atoms. The Hall–Kier alpha value is -1.39. The number of nitrogens with one attached hydrogen (secondary N) is 1. The Balaban J connectivity index is 1.64. The standard InChI is InChI=1S/C17H17F2NS/c18-17(19)21-16-9-5-14(6-10-16)13-3-1-12(2-4-13)11-20-15-7-8-15/h1-6,9-10,15,17,20H,7-8,11H2. The van der Waals surface area contributed by atoms with E-state index in [9.17, 15) is 8.78 Å². The third kappa shape index (κ3) is 4.29. The minimum atomic E-state index is -2.37. The van der Waals surface area contributed by atoms with Crippen molar-refractivity contribution in [1.29, 1.82) is 0 Å². The fraction of sp³-hybridized carbons (Fsp3) is 0.294. The molecule has 0 saturated heterocycles. The molecule has 0 amide bonds. The Morgan fingerprint density at radius 1 is 0.952 bits per heavy atom. The summed E-state index contributed by atoms with van der Waals surface area (Å²) in [6.45, 7) is 0.912. The predicted octanol–water partition coefficient (Wildman–Crippen LogP) is 4.92. The summed E-state index contributed by atoms with van der Waals surface area (Å²) in [4.78, 5) is 0.596. The molecule has 1 aliphatic rings. The molecule has 0 radical (unpaired) electrons. The molecule has 21 heavy (non-hydrogen) atoms. The maximum Gasteiger partial charge on any atom is 0.288 e. The van der Waals surface area contributed by atoms with Crippen LogP contribution in [0.3, 0.4) is 0 Å². The molecule has 0 aliphatic heterocycles. The van der Waals surface area contributed by atoms with Crippen LogP contribution in [0, 0.1) is 0 Å². The normalized spacial score (nSPS) is 14.6. The molecule has 110 valence electrons. The summed E-state index contributed by atoms with van der Waals surface area (Å²) in [5.41, 5.74) is 3.43. The molecule has 0 unspecified atom stereocenters. The first kappa shape index (κ1) is 14.5. The van der Waals surface area contributed by atoms with Gasteiger partial charge in [0.25, 0.3) is 5.76 Å². The Bertz CT molecular complexity index is 577. The van der Waals surface area contributed by atoms with E-state index in [1.165, 1.54) is 18.4 Å². The second-order valence-electron chi connectivity index (χ2n) is 5.25. The lowest BCUT2D eigenvalue weighted by Crippen LogP contribution is -2.14. The molecule has 2 aromatic carbocycles. The smallest absolute Gasteiger partial charge is 0.288 e. The second-order valence-corrected chi connectivity index (χ2v) is 6.32. The molecule has 4 heteroatoms. The van der Waals surface area contributed by atoms with E-state index in [4.69, 9.17) is 0 Å². The van der Waals surface area contributed by atoms with Crippen LogP contribution in [0.4, 0.5) is 8.78 Å². The zero-order valence-electron chi connectivity index (χ0n) is 11.6. The van der Waals surface area contributed by atoms with Crippen LogP contribution in [-0.4, -0.2) is 11.8 Å². The van der Waals surface area contributed by atoms with Crippen molar-refractivity contribution in [2.45, 2.75) is 36.1 Å². The molecule has 1 aliphatic carbocycles. The number of hydrogen-bond acceptors (Lipinski definition) is 2. The average molecular weight is 305 g/mol. The van der Waals surface area contributed by atoms with E-state index in [1.807, 2.05) is 12.1 Å². The monoisotopic (exact) mass is 305 g/mol. The summed E-state index contributed by atoms with van der Waals surface area (Å²) >= 11 is 0.578. The zero-order chi connectivity index (χ0) is 14.7. The molecular weight excluding hydrogens is 288 g/mol. The van der Waals surface area contributed by atoms with Crippen molar-refractivity contribution in [2.24, 2.45) is 0 Å². The highest BCUT2D eigenvalue weighted by Gasteiger charge is 2.19. The summed E-state index contributed by atoms with van der Waals surface area (Å²) in [5, 5.41) is 3.48. The van der Waals surface area contributed by atoms with Crippen molar-refractivity contribution in [2.75, 3.05) is 0 Å². The topological polar surface area (TPSA) is 12.0 Å². The SMILES string of the molecule is FC(F)Sc1ccc(-c2ccc(CNC3CC3)cc2)cc1. The lowest BCUT2D eigenvalue weighted by Gasteiger charge is -2.06. The third-order valence-electron chi connectivity index (χ3n) is 3.54. The molecular formula is C17H17F2NS. The van der Waals surface area contributed by atoms with E-state index >= 15 is 0 Å². The van der Waals surface area contributed by atoms with Crippen LogP contribution in [0.1, 0.15) is 18.4 Å². The van der Waals surface area contributed by atoms with Gasteiger partial charge in [0.15, 0.2) is 0 Å². The van der Waals surface area contributed by atoms with Gasteiger partial charge in [0.2, 0.25) is 0 Å². The number of rotatable bonds is 6. The molecule has 2 aromatic rings. The Morgan fingerprint density at radius 3 is 2.05 bits per heavy atom. The van der Waals surface area contributed by atoms with Crippen LogP contribution in [0.2, 0.25) is 0 Å². The van der Waals surface area contributed by atoms with Gasteiger partial charge in [-0.05, 0) is 41.7 Å². The van der Waals surface area contributed by atoms with Gasteiger partial charge in [-0.3, -0.25) is 0 Å². The van der Waals surface area contributed by atoms with E-state index in [0.717, 1.165) is 17.7 Å². The van der Waals surface area contributed by atoms with E-state index in [2.05, 4.69) is 29.6 Å². The van der Waals surface area contributed by atoms with Crippen molar-refractivity contribution in [3.8, 4) is 11.1 Å². The molecule has 3 rings (SSSR count). The molecule has 0 atom stereocenters. The van der Waals surface area contributed by atoms with Crippen LogP contribution in [0.15, 0.2) is 53.4 Å². The van der Waals surface area contributed by atoms with Crippen molar-refractivity contribution in [3.05, 3.63) is 54.1 Å². The first-order valence-electron chi connectivity index (χ1n) is 7.08. The molecule has 1 saturated carbocycles. The van der Waals surface area contributed by atoms with Crippen LogP contribution in [-0.2, 0) is 6.54 Å². The highest BCUT2D eigenvalue weighted by Crippen LogP contribution is 2.28. The van der Waals surface area contributed by atoms with Gasteiger partial charge in [0.1, 0.15) is 0 Å². The minimum Gasteiger partial charge on any atom is -0.310 e.